The summed E-state index contributed by atoms with van der Waals surface area (Å²) in [5.41, 5.74) is 2.63. The molecule has 1 aliphatic carbocycles. The lowest BCUT2D eigenvalue weighted by Crippen LogP contribution is -2.57. The molecule has 180 valence electrons. The lowest BCUT2D eigenvalue weighted by Gasteiger charge is -2.43. The van der Waals surface area contributed by atoms with E-state index >= 15 is 0 Å². The first-order valence-corrected chi connectivity index (χ1v) is 11.5. The van der Waals surface area contributed by atoms with Crippen LogP contribution < -0.4 is 0 Å². The molecular weight excluding hydrogens is 456 g/mol. The zero-order chi connectivity index (χ0) is 24.9. The standard InChI is InChI=1S/C25H28N2O6S/c1-12-4-6-13(7-5-12)18-14(10-26)24(34)27(15-8-25(2,3)9-16(29)19(15)18)23-22(32)21(31)20(30)17(11-28)33-23/h4-7,17,20-23,28,30-32H,8-9,11H2,1-3H3. The van der Waals surface area contributed by atoms with Crippen LogP contribution >= 0.6 is 12.2 Å². The van der Waals surface area contributed by atoms with Crippen LogP contribution in [-0.2, 0) is 11.2 Å². The van der Waals surface area contributed by atoms with Crippen LogP contribution in [0.25, 0.3) is 11.1 Å². The number of rotatable bonds is 3. The second-order valence-electron chi connectivity index (χ2n) is 9.89. The van der Waals surface area contributed by atoms with Crippen LogP contribution in [0.1, 0.15) is 53.7 Å². The number of carbonyl (C=O) groups is 1. The van der Waals surface area contributed by atoms with Crippen LogP contribution in [0.3, 0.4) is 0 Å². The topological polar surface area (TPSA) is 136 Å². The molecule has 4 N–H and O–H groups in total. The molecule has 1 aromatic heterocycles. The van der Waals surface area contributed by atoms with Gasteiger partial charge in [-0.05, 0) is 24.3 Å². The highest BCUT2D eigenvalue weighted by molar-refractivity contribution is 7.71. The number of hydrogen-bond acceptors (Lipinski definition) is 8. The SMILES string of the molecule is Cc1ccc(-c2c3c(n(C4OC(CO)C(O)C(O)C4O)c(=S)c2C#N)CC(C)(C)CC3=O)cc1. The summed E-state index contributed by atoms with van der Waals surface area (Å²) in [6.45, 7) is 5.22. The minimum Gasteiger partial charge on any atom is -0.394 e. The number of aliphatic hydroxyl groups excluding tert-OH is 4. The number of ketones is 1. The van der Waals surface area contributed by atoms with Crippen molar-refractivity contribution < 1.29 is 30.0 Å². The second kappa shape index (κ2) is 8.96. The maximum absolute atomic E-state index is 13.5. The van der Waals surface area contributed by atoms with E-state index < -0.39 is 42.7 Å². The van der Waals surface area contributed by atoms with Gasteiger partial charge in [-0.2, -0.15) is 5.26 Å². The number of pyridine rings is 1. The fourth-order valence-corrected chi connectivity index (χ4v) is 5.29. The van der Waals surface area contributed by atoms with Gasteiger partial charge in [-0.15, -0.1) is 0 Å². The Balaban J connectivity index is 2.06. The molecule has 2 aliphatic rings. The highest BCUT2D eigenvalue weighted by atomic mass is 32.1. The fraction of sp³-hybridized carbons (Fsp3) is 0.480. The molecule has 1 saturated heterocycles. The Morgan fingerprint density at radius 3 is 2.35 bits per heavy atom. The van der Waals surface area contributed by atoms with E-state index in [-0.39, 0.29) is 22.4 Å². The number of ether oxygens (including phenoxy) is 1. The summed E-state index contributed by atoms with van der Waals surface area (Å²) >= 11 is 5.71. The average Bonchev–Trinajstić information content (AvgIpc) is 2.77. The number of aliphatic hydroxyl groups is 4. The van der Waals surface area contributed by atoms with Gasteiger partial charge in [-0.25, -0.2) is 0 Å². The Kier molecular flexibility index (Phi) is 6.50. The van der Waals surface area contributed by atoms with Crippen LogP contribution in [-0.4, -0.2) is 61.8 Å². The van der Waals surface area contributed by atoms with Crippen molar-refractivity contribution in [3.05, 3.63) is 51.3 Å². The molecular formula is C25H28N2O6S. The first kappa shape index (κ1) is 24.7. The second-order valence-corrected chi connectivity index (χ2v) is 10.3. The highest BCUT2D eigenvalue weighted by Gasteiger charge is 2.46. The Morgan fingerprint density at radius 1 is 1.12 bits per heavy atom. The van der Waals surface area contributed by atoms with E-state index in [9.17, 15) is 30.5 Å². The van der Waals surface area contributed by atoms with Gasteiger partial charge in [-0.3, -0.25) is 4.79 Å². The fourth-order valence-electron chi connectivity index (χ4n) is 4.93. The predicted octanol–water partition coefficient (Wildman–Crippen LogP) is 2.19. The molecule has 5 atom stereocenters. The molecule has 4 rings (SSSR count). The van der Waals surface area contributed by atoms with Gasteiger partial charge in [0.25, 0.3) is 0 Å². The monoisotopic (exact) mass is 484 g/mol. The first-order valence-electron chi connectivity index (χ1n) is 11.1. The molecule has 1 fully saturated rings. The van der Waals surface area contributed by atoms with Crippen molar-refractivity contribution >= 4 is 18.0 Å². The minimum atomic E-state index is -1.62. The van der Waals surface area contributed by atoms with Gasteiger partial charge >= 0.3 is 0 Å². The van der Waals surface area contributed by atoms with Crippen molar-refractivity contribution in [3.8, 4) is 17.2 Å². The van der Waals surface area contributed by atoms with E-state index in [4.69, 9.17) is 17.0 Å². The number of Topliss-reactive ketones (excluding diaryl/α,β-unsaturated/α-hetero) is 1. The average molecular weight is 485 g/mol. The van der Waals surface area contributed by atoms with Gasteiger partial charge < -0.3 is 29.7 Å². The molecule has 0 amide bonds. The number of hydrogen-bond donors (Lipinski definition) is 4. The molecule has 0 spiro atoms. The number of nitrogens with zero attached hydrogens (tertiary/aromatic N) is 2. The molecule has 2 aromatic rings. The Hall–Kier alpha value is -2.45. The van der Waals surface area contributed by atoms with E-state index in [1.165, 1.54) is 4.57 Å². The van der Waals surface area contributed by atoms with E-state index in [0.717, 1.165) is 5.56 Å². The largest absolute Gasteiger partial charge is 0.394 e. The summed E-state index contributed by atoms with van der Waals surface area (Å²) in [5, 5.41) is 51.2. The van der Waals surface area contributed by atoms with E-state index in [2.05, 4.69) is 6.07 Å². The van der Waals surface area contributed by atoms with Gasteiger partial charge in [0.15, 0.2) is 12.0 Å². The van der Waals surface area contributed by atoms with Crippen LogP contribution in [0.5, 0.6) is 0 Å². The summed E-state index contributed by atoms with van der Waals surface area (Å²) < 4.78 is 7.26. The predicted molar refractivity (Wildman–Crippen MR) is 126 cm³/mol. The number of carbonyl (C=O) groups excluding carboxylic acids is 1. The molecule has 1 aliphatic heterocycles. The third-order valence-corrected chi connectivity index (χ3v) is 7.05. The van der Waals surface area contributed by atoms with Gasteiger partial charge in [0, 0.05) is 23.2 Å². The molecule has 5 unspecified atom stereocenters. The molecule has 0 bridgehead atoms. The highest BCUT2D eigenvalue weighted by Crippen LogP contribution is 2.43. The van der Waals surface area contributed by atoms with E-state index in [1.54, 1.807) is 0 Å². The summed E-state index contributed by atoms with van der Waals surface area (Å²) in [7, 11) is 0. The lowest BCUT2D eigenvalue weighted by atomic mass is 9.73. The summed E-state index contributed by atoms with van der Waals surface area (Å²) in [6, 6.07) is 9.59. The van der Waals surface area contributed by atoms with Crippen LogP contribution in [0.2, 0.25) is 0 Å². The normalized spacial score (nSPS) is 28.3. The Labute approximate surface area is 202 Å². The minimum absolute atomic E-state index is 0.0478. The third-order valence-electron chi connectivity index (χ3n) is 6.65. The van der Waals surface area contributed by atoms with E-state index in [0.29, 0.717) is 28.8 Å². The summed E-state index contributed by atoms with van der Waals surface area (Å²) in [4.78, 5) is 13.5. The first-order chi connectivity index (χ1) is 16.0. The van der Waals surface area contributed by atoms with Crippen molar-refractivity contribution in [2.24, 2.45) is 5.41 Å². The van der Waals surface area contributed by atoms with Crippen molar-refractivity contribution in [2.45, 2.75) is 64.3 Å². The lowest BCUT2D eigenvalue weighted by molar-refractivity contribution is -0.252. The van der Waals surface area contributed by atoms with Gasteiger partial charge in [0.05, 0.1) is 12.2 Å². The van der Waals surface area contributed by atoms with Crippen LogP contribution in [0, 0.1) is 28.3 Å². The van der Waals surface area contributed by atoms with Crippen LogP contribution in [0.4, 0.5) is 0 Å². The van der Waals surface area contributed by atoms with E-state index in [1.807, 2.05) is 45.0 Å². The molecule has 34 heavy (non-hydrogen) atoms. The van der Waals surface area contributed by atoms with Crippen molar-refractivity contribution in [2.75, 3.05) is 6.61 Å². The number of aromatic nitrogens is 1. The molecule has 1 aromatic carbocycles. The maximum atomic E-state index is 13.5. The molecule has 0 saturated carbocycles. The van der Waals surface area contributed by atoms with Gasteiger partial charge in [0.1, 0.15) is 35.1 Å². The number of fused-ring (bicyclic) bond motifs is 1. The Morgan fingerprint density at radius 2 is 1.76 bits per heavy atom. The smallest absolute Gasteiger partial charge is 0.165 e. The molecule has 8 nitrogen and oxygen atoms in total. The summed E-state index contributed by atoms with van der Waals surface area (Å²) in [6.07, 6.45) is -6.57. The van der Waals surface area contributed by atoms with Gasteiger partial charge in [0.2, 0.25) is 0 Å². The molecule has 0 radical (unpaired) electrons. The number of nitriles is 1. The number of aryl methyl sites for hydroxylation is 1. The molecule has 2 heterocycles. The zero-order valence-corrected chi connectivity index (χ0v) is 20.0. The quantitative estimate of drug-likeness (QED) is 0.487. The maximum Gasteiger partial charge on any atom is 0.165 e. The van der Waals surface area contributed by atoms with Crippen molar-refractivity contribution in [3.63, 3.8) is 0 Å². The zero-order valence-electron chi connectivity index (χ0n) is 19.2. The Bertz CT molecular complexity index is 1230. The molecule has 9 heteroatoms. The van der Waals surface area contributed by atoms with Gasteiger partial charge in [-0.1, -0.05) is 55.9 Å². The van der Waals surface area contributed by atoms with Crippen LogP contribution in [0.15, 0.2) is 24.3 Å². The third kappa shape index (κ3) is 4.01. The summed E-state index contributed by atoms with van der Waals surface area (Å²) in [5.74, 6) is -0.160. The van der Waals surface area contributed by atoms with Crippen molar-refractivity contribution in [1.29, 1.82) is 5.26 Å². The van der Waals surface area contributed by atoms with Crippen molar-refractivity contribution in [1.82, 2.24) is 4.57 Å². The number of benzene rings is 1.